The minimum absolute atomic E-state index is 0. The Bertz CT molecular complexity index is 500. The van der Waals surface area contributed by atoms with Crippen LogP contribution in [-0.2, 0) is 16.1 Å². The number of carbonyl (C=O) groups excluding carboxylic acids is 1. The molecule has 1 aromatic rings. The minimum Gasteiger partial charge on any atom is -0.384 e. The van der Waals surface area contributed by atoms with E-state index in [0.29, 0.717) is 23.2 Å². The van der Waals surface area contributed by atoms with Crippen molar-refractivity contribution < 1.29 is 9.53 Å². The number of hydrogen-bond acceptors (Lipinski definition) is 3. The molecule has 2 N–H and O–H groups in total. The van der Waals surface area contributed by atoms with Gasteiger partial charge in [-0.1, -0.05) is 29.3 Å². The molecule has 1 aliphatic rings. The normalized spacial score (nSPS) is 16.7. The van der Waals surface area contributed by atoms with Gasteiger partial charge in [0.25, 0.3) is 0 Å². The molecule has 1 fully saturated rings. The summed E-state index contributed by atoms with van der Waals surface area (Å²) in [4.78, 5) is 12.6. The SMILES string of the molecule is COCC1(C(=O)NCc2ccc(Cl)cc2Cl)CCNCC1.Cl. The number of carbonyl (C=O) groups is 1. The molecule has 0 saturated carbocycles. The van der Waals surface area contributed by atoms with Gasteiger partial charge in [-0.25, -0.2) is 0 Å². The highest BCUT2D eigenvalue weighted by molar-refractivity contribution is 6.35. The van der Waals surface area contributed by atoms with Crippen molar-refractivity contribution in [1.82, 2.24) is 10.6 Å². The number of halogens is 3. The third-order valence-electron chi connectivity index (χ3n) is 3.92. The third kappa shape index (κ3) is 4.74. The Labute approximate surface area is 147 Å². The number of piperidine rings is 1. The van der Waals surface area contributed by atoms with Crippen LogP contribution in [0.3, 0.4) is 0 Å². The van der Waals surface area contributed by atoms with E-state index >= 15 is 0 Å². The van der Waals surface area contributed by atoms with E-state index in [1.54, 1.807) is 19.2 Å². The topological polar surface area (TPSA) is 50.4 Å². The number of benzene rings is 1. The summed E-state index contributed by atoms with van der Waals surface area (Å²) in [6, 6.07) is 5.28. The summed E-state index contributed by atoms with van der Waals surface area (Å²) in [6.07, 6.45) is 1.56. The lowest BCUT2D eigenvalue weighted by Crippen LogP contribution is -2.49. The number of ether oxygens (including phenoxy) is 1. The molecule has 0 atom stereocenters. The molecule has 1 aliphatic heterocycles. The summed E-state index contributed by atoms with van der Waals surface area (Å²) in [6.45, 7) is 2.50. The van der Waals surface area contributed by atoms with E-state index in [1.165, 1.54) is 0 Å². The average molecular weight is 368 g/mol. The lowest BCUT2D eigenvalue weighted by Gasteiger charge is -2.35. The molecule has 2 rings (SSSR count). The Morgan fingerprint density at radius 3 is 2.64 bits per heavy atom. The monoisotopic (exact) mass is 366 g/mol. The highest BCUT2D eigenvalue weighted by Gasteiger charge is 2.39. The van der Waals surface area contributed by atoms with Crippen molar-refractivity contribution >= 4 is 41.5 Å². The second-order valence-corrected chi connectivity index (χ2v) is 6.23. The highest BCUT2D eigenvalue weighted by Crippen LogP contribution is 2.30. The van der Waals surface area contributed by atoms with Crippen LogP contribution >= 0.6 is 35.6 Å². The fourth-order valence-electron chi connectivity index (χ4n) is 2.65. The predicted octanol–water partition coefficient (Wildman–Crippen LogP) is 3.05. The van der Waals surface area contributed by atoms with Crippen molar-refractivity contribution in [1.29, 1.82) is 0 Å². The van der Waals surface area contributed by atoms with Gasteiger partial charge in [-0.2, -0.15) is 0 Å². The number of hydrogen-bond donors (Lipinski definition) is 2. The second-order valence-electron chi connectivity index (χ2n) is 5.38. The van der Waals surface area contributed by atoms with Crippen LogP contribution in [0.5, 0.6) is 0 Å². The maximum atomic E-state index is 12.6. The van der Waals surface area contributed by atoms with Crippen LogP contribution in [0, 0.1) is 5.41 Å². The van der Waals surface area contributed by atoms with Gasteiger partial charge < -0.3 is 15.4 Å². The van der Waals surface area contributed by atoms with E-state index in [-0.39, 0.29) is 18.3 Å². The van der Waals surface area contributed by atoms with Crippen molar-refractivity contribution in [3.63, 3.8) is 0 Å². The summed E-state index contributed by atoms with van der Waals surface area (Å²) in [7, 11) is 1.63. The zero-order valence-corrected chi connectivity index (χ0v) is 14.8. The number of amides is 1. The fourth-order valence-corrected chi connectivity index (χ4v) is 3.12. The largest absolute Gasteiger partial charge is 0.384 e. The quantitative estimate of drug-likeness (QED) is 0.841. The van der Waals surface area contributed by atoms with Crippen LogP contribution in [0.1, 0.15) is 18.4 Å². The molecule has 1 amide bonds. The Kier molecular flexibility index (Phi) is 7.94. The molecule has 0 aliphatic carbocycles. The number of methoxy groups -OCH3 is 1. The summed E-state index contributed by atoms with van der Waals surface area (Å²) >= 11 is 12.0. The smallest absolute Gasteiger partial charge is 0.228 e. The molecule has 4 nitrogen and oxygen atoms in total. The van der Waals surface area contributed by atoms with Crippen LogP contribution in [0.15, 0.2) is 18.2 Å². The first-order valence-electron chi connectivity index (χ1n) is 6.99. The van der Waals surface area contributed by atoms with Crippen molar-refractivity contribution in [2.75, 3.05) is 26.8 Å². The molecule has 0 unspecified atom stereocenters. The van der Waals surface area contributed by atoms with Crippen molar-refractivity contribution in [3.8, 4) is 0 Å². The lowest BCUT2D eigenvalue weighted by molar-refractivity contribution is -0.136. The van der Waals surface area contributed by atoms with Gasteiger partial charge in [0.15, 0.2) is 0 Å². The Morgan fingerprint density at radius 2 is 2.05 bits per heavy atom. The van der Waals surface area contributed by atoms with Gasteiger partial charge in [0, 0.05) is 23.7 Å². The van der Waals surface area contributed by atoms with Gasteiger partial charge >= 0.3 is 0 Å². The molecule has 1 saturated heterocycles. The molecular formula is C15H21Cl3N2O2. The van der Waals surface area contributed by atoms with Crippen LogP contribution in [0.25, 0.3) is 0 Å². The summed E-state index contributed by atoms with van der Waals surface area (Å²) in [5.74, 6) is 0.0249. The summed E-state index contributed by atoms with van der Waals surface area (Å²) in [5.41, 5.74) is 0.412. The number of rotatable bonds is 5. The predicted molar refractivity (Wildman–Crippen MR) is 92.0 cm³/mol. The lowest BCUT2D eigenvalue weighted by atomic mass is 9.78. The van der Waals surface area contributed by atoms with E-state index in [9.17, 15) is 4.79 Å². The zero-order valence-electron chi connectivity index (χ0n) is 12.5. The van der Waals surface area contributed by atoms with Gasteiger partial charge in [0.05, 0.1) is 12.0 Å². The highest BCUT2D eigenvalue weighted by atomic mass is 35.5. The van der Waals surface area contributed by atoms with Crippen LogP contribution < -0.4 is 10.6 Å². The molecule has 0 radical (unpaired) electrons. The van der Waals surface area contributed by atoms with E-state index < -0.39 is 5.41 Å². The van der Waals surface area contributed by atoms with Gasteiger partial charge in [-0.3, -0.25) is 4.79 Å². The second kappa shape index (κ2) is 8.94. The third-order valence-corrected chi connectivity index (χ3v) is 4.50. The molecule has 1 aromatic carbocycles. The van der Waals surface area contributed by atoms with Gasteiger partial charge in [0.2, 0.25) is 5.91 Å². The van der Waals surface area contributed by atoms with Crippen molar-refractivity contribution in [2.45, 2.75) is 19.4 Å². The molecule has 124 valence electrons. The first-order valence-corrected chi connectivity index (χ1v) is 7.75. The van der Waals surface area contributed by atoms with Crippen LogP contribution in [-0.4, -0.2) is 32.7 Å². The molecule has 7 heteroatoms. The van der Waals surface area contributed by atoms with Crippen molar-refractivity contribution in [3.05, 3.63) is 33.8 Å². The molecule has 0 aromatic heterocycles. The summed E-state index contributed by atoms with van der Waals surface area (Å²) in [5, 5.41) is 7.40. The van der Waals surface area contributed by atoms with E-state index in [2.05, 4.69) is 10.6 Å². The van der Waals surface area contributed by atoms with E-state index in [0.717, 1.165) is 31.5 Å². The molecular weight excluding hydrogens is 347 g/mol. The molecule has 22 heavy (non-hydrogen) atoms. The Morgan fingerprint density at radius 1 is 1.36 bits per heavy atom. The van der Waals surface area contributed by atoms with Gasteiger partial charge in [-0.15, -0.1) is 12.4 Å². The maximum absolute atomic E-state index is 12.6. The van der Waals surface area contributed by atoms with Crippen molar-refractivity contribution in [2.24, 2.45) is 5.41 Å². The average Bonchev–Trinajstić information content (AvgIpc) is 2.47. The Balaban J connectivity index is 0.00000242. The van der Waals surface area contributed by atoms with Gasteiger partial charge in [0.1, 0.15) is 0 Å². The van der Waals surface area contributed by atoms with E-state index in [1.807, 2.05) is 6.07 Å². The summed E-state index contributed by atoms with van der Waals surface area (Å²) < 4.78 is 5.27. The molecule has 0 bridgehead atoms. The Hall–Kier alpha value is -0.520. The van der Waals surface area contributed by atoms with Crippen LogP contribution in [0.4, 0.5) is 0 Å². The molecule has 1 heterocycles. The van der Waals surface area contributed by atoms with Gasteiger partial charge in [-0.05, 0) is 43.6 Å². The first-order chi connectivity index (χ1) is 10.1. The first kappa shape index (κ1) is 19.5. The fraction of sp³-hybridized carbons (Fsp3) is 0.533. The molecule has 0 spiro atoms. The van der Waals surface area contributed by atoms with E-state index in [4.69, 9.17) is 27.9 Å². The standard InChI is InChI=1S/C15H20Cl2N2O2.ClH/c1-21-10-15(4-6-18-7-5-15)14(20)19-9-11-2-3-12(16)8-13(11)17;/h2-3,8,18H,4-7,9-10H2,1H3,(H,19,20);1H. The zero-order chi connectivity index (χ0) is 15.3. The minimum atomic E-state index is -0.446. The maximum Gasteiger partial charge on any atom is 0.228 e. The van der Waals surface area contributed by atoms with Crippen LogP contribution in [0.2, 0.25) is 10.0 Å². The number of nitrogens with one attached hydrogen (secondary N) is 2.